The summed E-state index contributed by atoms with van der Waals surface area (Å²) in [5, 5.41) is 5.40. The largest absolute Gasteiger partial charge is 0.467 e. The molecule has 2 aromatic rings. The Bertz CT molecular complexity index is 651. The van der Waals surface area contributed by atoms with Gasteiger partial charge in [-0.25, -0.2) is 8.78 Å². The first-order valence-corrected chi connectivity index (χ1v) is 6.30. The minimum atomic E-state index is -0.734. The summed E-state index contributed by atoms with van der Waals surface area (Å²) < 4.78 is 32.6. The van der Waals surface area contributed by atoms with E-state index in [0.29, 0.717) is 12.1 Å². The van der Waals surface area contributed by atoms with E-state index in [2.05, 4.69) is 25.6 Å². The van der Waals surface area contributed by atoms with E-state index in [1.165, 1.54) is 26.2 Å². The van der Waals surface area contributed by atoms with Gasteiger partial charge in [0.25, 0.3) is 0 Å². The normalized spacial score (nSPS) is 10.3. The maximum atomic E-state index is 14.0. The van der Waals surface area contributed by atoms with E-state index in [9.17, 15) is 8.78 Å². The number of nitrogens with one attached hydrogen (secondary N) is 2. The second kappa shape index (κ2) is 6.29. The van der Waals surface area contributed by atoms with Crippen LogP contribution in [0.3, 0.4) is 0 Å². The van der Waals surface area contributed by atoms with E-state index in [-0.39, 0.29) is 23.6 Å². The number of anilines is 3. The second-order valence-electron chi connectivity index (χ2n) is 4.18. The number of aryl methyl sites for hydroxylation is 1. The van der Waals surface area contributed by atoms with Crippen LogP contribution in [-0.4, -0.2) is 28.6 Å². The van der Waals surface area contributed by atoms with Crippen molar-refractivity contribution < 1.29 is 13.5 Å². The average molecular weight is 295 g/mol. The van der Waals surface area contributed by atoms with Gasteiger partial charge >= 0.3 is 6.01 Å². The molecule has 1 aromatic heterocycles. The monoisotopic (exact) mass is 295 g/mol. The highest BCUT2D eigenvalue weighted by Crippen LogP contribution is 2.25. The summed E-state index contributed by atoms with van der Waals surface area (Å²) in [6, 6.07) is 2.56. The minimum absolute atomic E-state index is 0.0128. The fourth-order valence-corrected chi connectivity index (χ4v) is 1.62. The summed E-state index contributed by atoms with van der Waals surface area (Å²) in [5.41, 5.74) is -0.00229. The van der Waals surface area contributed by atoms with Crippen LogP contribution in [0.5, 0.6) is 6.01 Å². The van der Waals surface area contributed by atoms with Crippen LogP contribution in [0.25, 0.3) is 0 Å². The Balaban J connectivity index is 2.39. The highest BCUT2D eigenvalue weighted by molar-refractivity contribution is 5.57. The van der Waals surface area contributed by atoms with Gasteiger partial charge in [0, 0.05) is 6.54 Å². The standard InChI is InChI=1S/C13H15F2N5O/c1-4-16-11-18-12(20-13(19-11)21-3)17-10-8(14)6-5-7(2)9(10)15/h5-6H,4H2,1-3H3,(H2,16,17,18,19,20). The zero-order chi connectivity index (χ0) is 15.4. The zero-order valence-electron chi connectivity index (χ0n) is 11.9. The number of benzene rings is 1. The molecule has 0 amide bonds. The van der Waals surface area contributed by atoms with Crippen LogP contribution in [-0.2, 0) is 0 Å². The number of halogens is 2. The summed E-state index contributed by atoms with van der Waals surface area (Å²) in [7, 11) is 1.39. The first-order chi connectivity index (χ1) is 10.0. The molecule has 0 aliphatic heterocycles. The van der Waals surface area contributed by atoms with E-state index < -0.39 is 11.6 Å². The van der Waals surface area contributed by atoms with Gasteiger partial charge in [-0.3, -0.25) is 0 Å². The molecule has 21 heavy (non-hydrogen) atoms. The smallest absolute Gasteiger partial charge is 0.322 e. The lowest BCUT2D eigenvalue weighted by molar-refractivity contribution is 0.379. The topological polar surface area (TPSA) is 72.0 Å². The highest BCUT2D eigenvalue weighted by Gasteiger charge is 2.14. The summed E-state index contributed by atoms with van der Waals surface area (Å²) in [6.45, 7) is 3.99. The van der Waals surface area contributed by atoms with Crippen molar-refractivity contribution >= 4 is 17.6 Å². The minimum Gasteiger partial charge on any atom is -0.467 e. The molecular formula is C13H15F2N5O. The molecule has 2 N–H and O–H groups in total. The molecule has 1 heterocycles. The molecule has 0 radical (unpaired) electrons. The van der Waals surface area contributed by atoms with Gasteiger partial charge in [-0.05, 0) is 25.5 Å². The van der Waals surface area contributed by atoms with Crippen LogP contribution in [0.15, 0.2) is 12.1 Å². The Morgan fingerprint density at radius 2 is 1.86 bits per heavy atom. The SMILES string of the molecule is CCNc1nc(Nc2c(F)ccc(C)c2F)nc(OC)n1. The lowest BCUT2D eigenvalue weighted by Gasteiger charge is -2.11. The van der Waals surface area contributed by atoms with Gasteiger partial charge in [0.1, 0.15) is 11.5 Å². The molecule has 6 nitrogen and oxygen atoms in total. The molecule has 0 saturated heterocycles. The van der Waals surface area contributed by atoms with E-state index in [4.69, 9.17) is 4.74 Å². The first-order valence-electron chi connectivity index (χ1n) is 6.30. The molecule has 0 unspecified atom stereocenters. The summed E-state index contributed by atoms with van der Waals surface area (Å²) in [6.07, 6.45) is 0. The third-order valence-corrected chi connectivity index (χ3v) is 2.65. The lowest BCUT2D eigenvalue weighted by atomic mass is 10.2. The molecule has 2 rings (SSSR count). The Morgan fingerprint density at radius 3 is 2.52 bits per heavy atom. The lowest BCUT2D eigenvalue weighted by Crippen LogP contribution is -2.09. The average Bonchev–Trinajstić information content (AvgIpc) is 2.48. The van der Waals surface area contributed by atoms with E-state index in [1.807, 2.05) is 6.92 Å². The Hall–Kier alpha value is -2.51. The fraction of sp³-hybridized carbons (Fsp3) is 0.308. The molecular weight excluding hydrogens is 280 g/mol. The number of nitrogens with zero attached hydrogens (tertiary/aromatic N) is 3. The van der Waals surface area contributed by atoms with Crippen molar-refractivity contribution in [3.05, 3.63) is 29.3 Å². The third-order valence-electron chi connectivity index (χ3n) is 2.65. The van der Waals surface area contributed by atoms with Crippen LogP contribution >= 0.6 is 0 Å². The number of ether oxygens (including phenoxy) is 1. The van der Waals surface area contributed by atoms with Crippen LogP contribution in [0.4, 0.5) is 26.4 Å². The Morgan fingerprint density at radius 1 is 1.14 bits per heavy atom. The Labute approximate surface area is 120 Å². The molecule has 112 valence electrons. The molecule has 0 aliphatic carbocycles. The van der Waals surface area contributed by atoms with Crippen LogP contribution in [0.2, 0.25) is 0 Å². The molecule has 0 spiro atoms. The van der Waals surface area contributed by atoms with E-state index in [0.717, 1.165) is 0 Å². The third kappa shape index (κ3) is 3.33. The van der Waals surface area contributed by atoms with Crippen molar-refractivity contribution in [2.24, 2.45) is 0 Å². The van der Waals surface area contributed by atoms with Gasteiger partial charge in [-0.1, -0.05) is 6.07 Å². The maximum absolute atomic E-state index is 14.0. The van der Waals surface area contributed by atoms with Gasteiger partial charge in [-0.2, -0.15) is 15.0 Å². The quantitative estimate of drug-likeness (QED) is 0.883. The van der Waals surface area contributed by atoms with Crippen LogP contribution < -0.4 is 15.4 Å². The molecule has 0 fully saturated rings. The van der Waals surface area contributed by atoms with Crippen molar-refractivity contribution in [2.45, 2.75) is 13.8 Å². The summed E-state index contributed by atoms with van der Waals surface area (Å²) in [5.74, 6) is -1.19. The van der Waals surface area contributed by atoms with E-state index in [1.54, 1.807) is 0 Å². The highest BCUT2D eigenvalue weighted by atomic mass is 19.1. The van der Waals surface area contributed by atoms with E-state index >= 15 is 0 Å². The number of rotatable bonds is 5. The predicted molar refractivity (Wildman–Crippen MR) is 74.9 cm³/mol. The second-order valence-corrected chi connectivity index (χ2v) is 4.18. The van der Waals surface area contributed by atoms with Gasteiger partial charge in [0.05, 0.1) is 7.11 Å². The first kappa shape index (κ1) is 14.9. The zero-order valence-corrected chi connectivity index (χ0v) is 11.9. The Kier molecular flexibility index (Phi) is 4.46. The summed E-state index contributed by atoms with van der Waals surface area (Å²) >= 11 is 0. The van der Waals surface area contributed by atoms with Crippen molar-refractivity contribution in [1.29, 1.82) is 0 Å². The van der Waals surface area contributed by atoms with Crippen LogP contribution in [0.1, 0.15) is 12.5 Å². The van der Waals surface area contributed by atoms with Crippen LogP contribution in [0, 0.1) is 18.6 Å². The number of methoxy groups -OCH3 is 1. The van der Waals surface area contributed by atoms with Crippen molar-refractivity contribution in [3.8, 4) is 6.01 Å². The maximum Gasteiger partial charge on any atom is 0.322 e. The molecule has 8 heteroatoms. The van der Waals surface area contributed by atoms with Gasteiger partial charge in [0.2, 0.25) is 11.9 Å². The fourth-order valence-electron chi connectivity index (χ4n) is 1.62. The number of aromatic nitrogens is 3. The summed E-state index contributed by atoms with van der Waals surface area (Å²) in [4.78, 5) is 11.9. The number of hydrogen-bond donors (Lipinski definition) is 2. The predicted octanol–water partition coefficient (Wildman–Crippen LogP) is 2.64. The van der Waals surface area contributed by atoms with Gasteiger partial charge in [-0.15, -0.1) is 0 Å². The molecule has 1 aromatic carbocycles. The van der Waals surface area contributed by atoms with Gasteiger partial charge < -0.3 is 15.4 Å². The van der Waals surface area contributed by atoms with Crippen molar-refractivity contribution in [3.63, 3.8) is 0 Å². The molecule has 0 aliphatic rings. The van der Waals surface area contributed by atoms with Gasteiger partial charge in [0.15, 0.2) is 5.82 Å². The van der Waals surface area contributed by atoms with Crippen molar-refractivity contribution in [2.75, 3.05) is 24.3 Å². The van der Waals surface area contributed by atoms with Crippen molar-refractivity contribution in [1.82, 2.24) is 15.0 Å². The molecule has 0 saturated carbocycles. The number of hydrogen-bond acceptors (Lipinski definition) is 6. The molecule has 0 atom stereocenters. The molecule has 0 bridgehead atoms.